The van der Waals surface area contributed by atoms with Gasteiger partial charge in [0.1, 0.15) is 6.61 Å². The summed E-state index contributed by atoms with van der Waals surface area (Å²) in [6.45, 7) is 2.24. The predicted octanol–water partition coefficient (Wildman–Crippen LogP) is 5.39. The highest BCUT2D eigenvalue weighted by atomic mass is 32.2. The number of Topliss-reactive ketones (excluding diaryl/α,β-unsaturated/α-hetero) is 1. The zero-order valence-electron chi connectivity index (χ0n) is 15.0. The van der Waals surface area contributed by atoms with Crippen LogP contribution in [-0.2, 0) is 15.8 Å². The van der Waals surface area contributed by atoms with Crippen molar-refractivity contribution in [3.8, 4) is 0 Å². The number of aliphatic hydroxyl groups is 1. The van der Waals surface area contributed by atoms with Crippen molar-refractivity contribution in [2.75, 3.05) is 12.4 Å². The number of alkyl halides is 3. The number of thioether (sulfide) groups is 1. The summed E-state index contributed by atoms with van der Waals surface area (Å²) in [5.41, 5.74) is -0.287. The molecule has 1 aromatic rings. The van der Waals surface area contributed by atoms with Crippen molar-refractivity contribution < 1.29 is 27.9 Å². The third kappa shape index (κ3) is 6.61. The number of allylic oxidation sites excluding steroid dienone is 2. The molecule has 0 saturated carbocycles. The molecule has 0 heterocycles. The largest absolute Gasteiger partial charge is 0.512 e. The molecule has 1 aliphatic rings. The summed E-state index contributed by atoms with van der Waals surface area (Å²) in [4.78, 5) is 17.8. The second-order valence-corrected chi connectivity index (χ2v) is 7.36. The third-order valence-electron chi connectivity index (χ3n) is 4.19. The van der Waals surface area contributed by atoms with E-state index in [-0.39, 0.29) is 23.9 Å². The molecule has 0 saturated heterocycles. The molecule has 0 fully saturated rings. The van der Waals surface area contributed by atoms with Crippen molar-refractivity contribution in [1.82, 2.24) is 0 Å². The summed E-state index contributed by atoms with van der Waals surface area (Å²) in [5, 5.41) is 13.8. The van der Waals surface area contributed by atoms with Crippen molar-refractivity contribution in [2.24, 2.45) is 11.1 Å². The fourth-order valence-electron chi connectivity index (χ4n) is 2.79. The normalized spacial score (nSPS) is 18.4. The van der Waals surface area contributed by atoms with Gasteiger partial charge in [0.25, 0.3) is 0 Å². The lowest BCUT2D eigenvalue weighted by Gasteiger charge is -2.22. The van der Waals surface area contributed by atoms with E-state index in [1.807, 2.05) is 0 Å². The summed E-state index contributed by atoms with van der Waals surface area (Å²) in [6.07, 6.45) is -1.14. The Morgan fingerprint density at radius 2 is 2.00 bits per heavy atom. The zero-order chi connectivity index (χ0) is 19.9. The molecular weight excluding hydrogens is 379 g/mol. The maximum Gasteiger partial charge on any atom is 0.416 e. The average Bonchev–Trinajstić information content (AvgIpc) is 2.60. The van der Waals surface area contributed by atoms with Crippen molar-refractivity contribution >= 4 is 23.8 Å². The van der Waals surface area contributed by atoms with Gasteiger partial charge in [-0.2, -0.15) is 13.2 Å². The van der Waals surface area contributed by atoms with Crippen LogP contribution in [0.1, 0.15) is 38.2 Å². The van der Waals surface area contributed by atoms with Gasteiger partial charge in [-0.3, -0.25) is 4.79 Å². The molecule has 148 valence electrons. The maximum absolute atomic E-state index is 12.6. The smallest absolute Gasteiger partial charge is 0.416 e. The third-order valence-corrected chi connectivity index (χ3v) is 5.24. The summed E-state index contributed by atoms with van der Waals surface area (Å²) in [6, 6.07) is 5.04. The summed E-state index contributed by atoms with van der Waals surface area (Å²) >= 11 is 1.44. The number of ketones is 1. The number of aliphatic hydroxyl groups excluding tert-OH is 1. The molecule has 4 nitrogen and oxygen atoms in total. The van der Waals surface area contributed by atoms with E-state index in [1.165, 1.54) is 30.1 Å². The Hall–Kier alpha value is -1.96. The average molecular weight is 401 g/mol. The molecule has 2 rings (SSSR count). The Balaban J connectivity index is 1.82. The number of hydrogen-bond donors (Lipinski definition) is 1. The number of benzene rings is 1. The highest BCUT2D eigenvalue weighted by Gasteiger charge is 2.30. The van der Waals surface area contributed by atoms with E-state index in [0.29, 0.717) is 37.2 Å². The van der Waals surface area contributed by atoms with E-state index in [4.69, 9.17) is 4.84 Å². The topological polar surface area (TPSA) is 58.9 Å². The first-order valence-electron chi connectivity index (χ1n) is 8.69. The highest BCUT2D eigenvalue weighted by molar-refractivity contribution is 7.99. The van der Waals surface area contributed by atoms with Gasteiger partial charge in [-0.1, -0.05) is 5.16 Å². The Labute approximate surface area is 160 Å². The Kier molecular flexibility index (Phi) is 7.77. The molecule has 1 aliphatic carbocycles. The first-order chi connectivity index (χ1) is 12.8. The van der Waals surface area contributed by atoms with E-state index in [0.717, 1.165) is 17.0 Å². The molecule has 1 N–H and O–H groups in total. The summed E-state index contributed by atoms with van der Waals surface area (Å²) < 4.78 is 37.7. The molecule has 0 spiro atoms. The van der Waals surface area contributed by atoms with Gasteiger partial charge in [-0.15, -0.1) is 11.8 Å². The van der Waals surface area contributed by atoms with Gasteiger partial charge >= 0.3 is 6.18 Å². The molecule has 1 aromatic carbocycles. The zero-order valence-corrected chi connectivity index (χ0v) is 15.8. The van der Waals surface area contributed by atoms with Crippen LogP contribution in [0.3, 0.4) is 0 Å². The molecule has 0 amide bonds. The van der Waals surface area contributed by atoms with Crippen LogP contribution >= 0.6 is 11.8 Å². The molecule has 8 heteroatoms. The molecule has 0 aromatic heterocycles. The fourth-order valence-corrected chi connectivity index (χ4v) is 3.81. The lowest BCUT2D eigenvalue weighted by Crippen LogP contribution is -2.20. The van der Waals surface area contributed by atoms with E-state index < -0.39 is 11.7 Å². The van der Waals surface area contributed by atoms with Gasteiger partial charge in [0.15, 0.2) is 5.78 Å². The van der Waals surface area contributed by atoms with Crippen molar-refractivity contribution in [1.29, 1.82) is 0 Å². The number of oxime groups is 1. The number of carbonyl (C=O) groups excluding carboxylic acids is 1. The predicted molar refractivity (Wildman–Crippen MR) is 98.9 cm³/mol. The van der Waals surface area contributed by atoms with Crippen LogP contribution in [0.4, 0.5) is 13.2 Å². The van der Waals surface area contributed by atoms with Gasteiger partial charge in [-0.05, 0) is 49.3 Å². The van der Waals surface area contributed by atoms with Crippen molar-refractivity contribution in [2.45, 2.75) is 43.7 Å². The summed E-state index contributed by atoms with van der Waals surface area (Å²) in [7, 11) is 0. The molecule has 1 unspecified atom stereocenters. The van der Waals surface area contributed by atoms with Crippen LogP contribution < -0.4 is 0 Å². The van der Waals surface area contributed by atoms with Crippen LogP contribution in [-0.4, -0.2) is 29.5 Å². The number of carbonyl (C=O) groups is 1. The lowest BCUT2D eigenvalue weighted by molar-refractivity contribution is -0.137. The summed E-state index contributed by atoms with van der Waals surface area (Å²) in [5.74, 6) is 0.703. The van der Waals surface area contributed by atoms with Gasteiger partial charge in [-0.25, -0.2) is 0 Å². The van der Waals surface area contributed by atoms with Crippen LogP contribution in [0.5, 0.6) is 0 Å². The molecule has 0 bridgehead atoms. The van der Waals surface area contributed by atoms with Gasteiger partial charge in [0.2, 0.25) is 0 Å². The van der Waals surface area contributed by atoms with Crippen LogP contribution in [0.2, 0.25) is 0 Å². The van der Waals surface area contributed by atoms with Gasteiger partial charge < -0.3 is 9.94 Å². The number of halogens is 3. The molecule has 0 aliphatic heterocycles. The van der Waals surface area contributed by atoms with E-state index in [9.17, 15) is 23.1 Å². The van der Waals surface area contributed by atoms with Crippen molar-refractivity contribution in [3.63, 3.8) is 0 Å². The lowest BCUT2D eigenvalue weighted by atomic mass is 9.84. The minimum Gasteiger partial charge on any atom is -0.512 e. The second kappa shape index (κ2) is 9.82. The number of rotatable bonds is 8. The van der Waals surface area contributed by atoms with E-state index in [1.54, 1.807) is 6.92 Å². The molecule has 27 heavy (non-hydrogen) atoms. The van der Waals surface area contributed by atoms with Crippen LogP contribution in [0.15, 0.2) is 45.6 Å². The van der Waals surface area contributed by atoms with E-state index >= 15 is 0 Å². The van der Waals surface area contributed by atoms with Crippen LogP contribution in [0, 0.1) is 5.92 Å². The Morgan fingerprint density at radius 3 is 2.59 bits per heavy atom. The van der Waals surface area contributed by atoms with Gasteiger partial charge in [0, 0.05) is 35.9 Å². The molecule has 1 atom stereocenters. The maximum atomic E-state index is 12.6. The Bertz CT molecular complexity index is 699. The first-order valence-corrected chi connectivity index (χ1v) is 9.67. The highest BCUT2D eigenvalue weighted by Crippen LogP contribution is 2.33. The Morgan fingerprint density at radius 1 is 1.30 bits per heavy atom. The molecular formula is C19H22F3NO3S. The van der Waals surface area contributed by atoms with Gasteiger partial charge in [0.05, 0.1) is 11.3 Å². The number of nitrogens with zero attached hydrogens (tertiary/aromatic N) is 1. The number of hydrogen-bond acceptors (Lipinski definition) is 5. The standard InChI is InChI=1S/C19H22F3NO3S/c1-2-26-23-9-7-16-17(24)11-13(12-18(16)25)8-10-27-15-5-3-14(4-6-15)19(20,21)22/h3-6,9,13,24H,2,7-8,10-12H2,1H3. The molecule has 0 radical (unpaired) electrons. The fraction of sp³-hybridized carbons (Fsp3) is 0.474. The quantitative estimate of drug-likeness (QED) is 0.360. The second-order valence-electron chi connectivity index (χ2n) is 6.19. The van der Waals surface area contributed by atoms with E-state index in [2.05, 4.69) is 5.16 Å². The monoisotopic (exact) mass is 401 g/mol. The van der Waals surface area contributed by atoms with Crippen LogP contribution in [0.25, 0.3) is 0 Å². The first kappa shape index (κ1) is 21.3. The minimum absolute atomic E-state index is 0.0343. The SMILES string of the molecule is CCON=CCC1=C(O)CC(CCSc2ccc(C(F)(F)F)cc2)CC1=O. The minimum atomic E-state index is -4.33. The van der Waals surface area contributed by atoms with Crippen molar-refractivity contribution in [3.05, 3.63) is 41.2 Å².